The molecule has 0 amide bonds. The number of ketones is 1. The van der Waals surface area contributed by atoms with Crippen molar-refractivity contribution >= 4 is 11.7 Å². The number of aromatic nitrogens is 2. The molecule has 5 nitrogen and oxygen atoms in total. The SMILES string of the molecule is Cn1c(NCC(=O)c2ccccc2)nc(-c2ccccc2)cc1=O. The fourth-order valence-electron chi connectivity index (χ4n) is 2.34. The van der Waals surface area contributed by atoms with Crippen LogP contribution in [-0.4, -0.2) is 21.9 Å². The molecule has 0 spiro atoms. The zero-order chi connectivity index (χ0) is 16.9. The third kappa shape index (κ3) is 3.41. The lowest BCUT2D eigenvalue weighted by Gasteiger charge is -2.11. The summed E-state index contributed by atoms with van der Waals surface area (Å²) in [4.78, 5) is 28.8. The predicted molar refractivity (Wildman–Crippen MR) is 94.2 cm³/mol. The van der Waals surface area contributed by atoms with Crippen molar-refractivity contribution in [2.75, 3.05) is 11.9 Å². The Morgan fingerprint density at radius 3 is 2.33 bits per heavy atom. The number of carbonyl (C=O) groups excluding carboxylic acids is 1. The second kappa shape index (κ2) is 6.91. The molecule has 0 saturated heterocycles. The number of Topliss-reactive ketones (excluding diaryl/α,β-unsaturated/α-hetero) is 1. The molecule has 0 atom stereocenters. The summed E-state index contributed by atoms with van der Waals surface area (Å²) >= 11 is 0. The van der Waals surface area contributed by atoms with Crippen LogP contribution in [0.4, 0.5) is 5.95 Å². The van der Waals surface area contributed by atoms with Crippen LogP contribution in [0.25, 0.3) is 11.3 Å². The van der Waals surface area contributed by atoms with Gasteiger partial charge in [0.2, 0.25) is 5.95 Å². The van der Waals surface area contributed by atoms with Gasteiger partial charge in [-0.25, -0.2) is 4.98 Å². The van der Waals surface area contributed by atoms with Gasteiger partial charge in [0.05, 0.1) is 12.2 Å². The highest BCUT2D eigenvalue weighted by molar-refractivity contribution is 5.98. The molecule has 5 heteroatoms. The zero-order valence-corrected chi connectivity index (χ0v) is 13.3. The molecule has 1 N–H and O–H groups in total. The zero-order valence-electron chi connectivity index (χ0n) is 13.3. The number of carbonyl (C=O) groups is 1. The highest BCUT2D eigenvalue weighted by Crippen LogP contribution is 2.16. The van der Waals surface area contributed by atoms with Gasteiger partial charge in [0.25, 0.3) is 5.56 Å². The number of hydrogen-bond acceptors (Lipinski definition) is 4. The summed E-state index contributed by atoms with van der Waals surface area (Å²) in [5.41, 5.74) is 1.87. The first-order chi connectivity index (χ1) is 11.6. The van der Waals surface area contributed by atoms with Crippen molar-refractivity contribution in [1.29, 1.82) is 0 Å². The van der Waals surface area contributed by atoms with E-state index in [2.05, 4.69) is 10.3 Å². The number of hydrogen-bond donors (Lipinski definition) is 1. The molecular formula is C19H17N3O2. The van der Waals surface area contributed by atoms with E-state index in [9.17, 15) is 9.59 Å². The van der Waals surface area contributed by atoms with Gasteiger partial charge in [-0.3, -0.25) is 14.2 Å². The lowest BCUT2D eigenvalue weighted by atomic mass is 10.1. The minimum Gasteiger partial charge on any atom is -0.348 e. The Bertz CT molecular complexity index is 903. The number of rotatable bonds is 5. The Hall–Kier alpha value is -3.21. The molecular weight excluding hydrogens is 302 g/mol. The maximum absolute atomic E-state index is 12.2. The third-order valence-corrected chi connectivity index (χ3v) is 3.71. The van der Waals surface area contributed by atoms with Gasteiger partial charge in [0, 0.05) is 24.2 Å². The van der Waals surface area contributed by atoms with Gasteiger partial charge in [0.15, 0.2) is 5.78 Å². The molecule has 1 aromatic heterocycles. The smallest absolute Gasteiger partial charge is 0.255 e. The Labute approximate surface area is 139 Å². The Balaban J connectivity index is 1.84. The molecule has 120 valence electrons. The van der Waals surface area contributed by atoms with Crippen molar-refractivity contribution in [2.24, 2.45) is 7.05 Å². The van der Waals surface area contributed by atoms with Crippen LogP contribution in [0.2, 0.25) is 0 Å². The van der Waals surface area contributed by atoms with Crippen LogP contribution in [0.1, 0.15) is 10.4 Å². The van der Waals surface area contributed by atoms with E-state index in [4.69, 9.17) is 0 Å². The molecule has 3 aromatic rings. The lowest BCUT2D eigenvalue weighted by molar-refractivity contribution is 0.101. The van der Waals surface area contributed by atoms with Crippen molar-refractivity contribution in [3.05, 3.63) is 82.6 Å². The fourth-order valence-corrected chi connectivity index (χ4v) is 2.34. The largest absolute Gasteiger partial charge is 0.348 e. The van der Waals surface area contributed by atoms with Crippen molar-refractivity contribution < 1.29 is 4.79 Å². The standard InChI is InChI=1S/C19H17N3O2/c1-22-18(24)12-16(14-8-4-2-5-9-14)21-19(22)20-13-17(23)15-10-6-3-7-11-15/h2-12H,13H2,1H3,(H,20,21). The van der Waals surface area contributed by atoms with E-state index in [1.807, 2.05) is 48.5 Å². The van der Waals surface area contributed by atoms with Gasteiger partial charge < -0.3 is 5.32 Å². The predicted octanol–water partition coefficient (Wildman–Crippen LogP) is 2.74. The summed E-state index contributed by atoms with van der Waals surface area (Å²) in [5.74, 6) is 0.306. The van der Waals surface area contributed by atoms with Gasteiger partial charge in [0.1, 0.15) is 0 Å². The van der Waals surface area contributed by atoms with E-state index in [1.165, 1.54) is 10.6 Å². The molecule has 0 aliphatic carbocycles. The summed E-state index contributed by atoms with van der Waals surface area (Å²) in [6.45, 7) is 0.0720. The van der Waals surface area contributed by atoms with E-state index >= 15 is 0 Å². The van der Waals surface area contributed by atoms with Crippen LogP contribution in [0, 0.1) is 0 Å². The summed E-state index contributed by atoms with van der Waals surface area (Å²) in [5, 5.41) is 2.96. The Morgan fingerprint density at radius 1 is 1.04 bits per heavy atom. The van der Waals surface area contributed by atoms with Crippen LogP contribution in [0.5, 0.6) is 0 Å². The average Bonchev–Trinajstić information content (AvgIpc) is 2.64. The Kier molecular flexibility index (Phi) is 4.52. The number of nitrogens with zero attached hydrogens (tertiary/aromatic N) is 2. The van der Waals surface area contributed by atoms with Crippen LogP contribution in [0.15, 0.2) is 71.5 Å². The second-order valence-electron chi connectivity index (χ2n) is 5.37. The Morgan fingerprint density at radius 2 is 1.67 bits per heavy atom. The van der Waals surface area contributed by atoms with Gasteiger partial charge in [-0.1, -0.05) is 60.7 Å². The highest BCUT2D eigenvalue weighted by atomic mass is 16.1. The topological polar surface area (TPSA) is 64.0 Å². The van der Waals surface area contributed by atoms with Gasteiger partial charge in [-0.2, -0.15) is 0 Å². The van der Waals surface area contributed by atoms with Gasteiger partial charge in [-0.05, 0) is 0 Å². The summed E-state index contributed by atoms with van der Waals surface area (Å²) in [6.07, 6.45) is 0. The lowest BCUT2D eigenvalue weighted by Crippen LogP contribution is -2.24. The number of nitrogens with one attached hydrogen (secondary N) is 1. The molecule has 0 saturated carbocycles. The average molecular weight is 319 g/mol. The van der Waals surface area contributed by atoms with E-state index in [0.717, 1.165) is 5.56 Å². The second-order valence-corrected chi connectivity index (χ2v) is 5.37. The normalized spacial score (nSPS) is 10.4. The van der Waals surface area contributed by atoms with Crippen LogP contribution >= 0.6 is 0 Å². The number of anilines is 1. The van der Waals surface area contributed by atoms with Gasteiger partial charge in [-0.15, -0.1) is 0 Å². The molecule has 0 fully saturated rings. The van der Waals surface area contributed by atoms with Crippen molar-refractivity contribution in [2.45, 2.75) is 0 Å². The van der Waals surface area contributed by atoms with Crippen LogP contribution in [0.3, 0.4) is 0 Å². The molecule has 0 aliphatic rings. The molecule has 1 heterocycles. The van der Waals surface area contributed by atoms with Crippen LogP contribution < -0.4 is 10.9 Å². The molecule has 24 heavy (non-hydrogen) atoms. The minimum absolute atomic E-state index is 0.0602. The monoisotopic (exact) mass is 319 g/mol. The van der Waals surface area contributed by atoms with Crippen molar-refractivity contribution in [3.63, 3.8) is 0 Å². The van der Waals surface area contributed by atoms with Crippen molar-refractivity contribution in [3.8, 4) is 11.3 Å². The first kappa shape index (κ1) is 15.7. The first-order valence-corrected chi connectivity index (χ1v) is 7.61. The quantitative estimate of drug-likeness (QED) is 0.735. The molecule has 0 radical (unpaired) electrons. The van der Waals surface area contributed by atoms with E-state index < -0.39 is 0 Å². The van der Waals surface area contributed by atoms with E-state index in [0.29, 0.717) is 17.2 Å². The van der Waals surface area contributed by atoms with E-state index in [-0.39, 0.29) is 17.9 Å². The summed E-state index contributed by atoms with van der Waals surface area (Å²) < 4.78 is 1.39. The summed E-state index contributed by atoms with van der Waals surface area (Å²) in [6, 6.07) is 20.0. The molecule has 0 aliphatic heterocycles. The maximum Gasteiger partial charge on any atom is 0.255 e. The fraction of sp³-hybridized carbons (Fsp3) is 0.105. The highest BCUT2D eigenvalue weighted by Gasteiger charge is 2.10. The van der Waals surface area contributed by atoms with E-state index in [1.54, 1.807) is 19.2 Å². The molecule has 2 aromatic carbocycles. The minimum atomic E-state index is -0.182. The third-order valence-electron chi connectivity index (χ3n) is 3.71. The maximum atomic E-state index is 12.2. The first-order valence-electron chi connectivity index (χ1n) is 7.61. The van der Waals surface area contributed by atoms with Crippen molar-refractivity contribution in [1.82, 2.24) is 9.55 Å². The van der Waals surface area contributed by atoms with Crippen LogP contribution in [-0.2, 0) is 7.05 Å². The molecule has 3 rings (SSSR count). The van der Waals surface area contributed by atoms with Gasteiger partial charge >= 0.3 is 0 Å². The molecule has 0 unspecified atom stereocenters. The number of benzene rings is 2. The summed E-state index contributed by atoms with van der Waals surface area (Å²) in [7, 11) is 1.62. The molecule has 0 bridgehead atoms.